The minimum Gasteiger partial charge on any atom is -0.343 e. The van der Waals surface area contributed by atoms with Crippen molar-refractivity contribution in [3.63, 3.8) is 0 Å². The third kappa shape index (κ3) is 2.29. The molecular weight excluding hydrogens is 212 g/mol. The molecule has 0 saturated carbocycles. The largest absolute Gasteiger partial charge is 0.343 e. The Morgan fingerprint density at radius 1 is 1.38 bits per heavy atom. The van der Waals surface area contributed by atoms with Gasteiger partial charge in [-0.2, -0.15) is 10.2 Å². The van der Waals surface area contributed by atoms with Gasteiger partial charge in [-0.1, -0.05) is 0 Å². The molecule has 0 aromatic carbocycles. The molecule has 0 aliphatic heterocycles. The fourth-order valence-corrected chi connectivity index (χ4v) is 1.04. The molecule has 0 aliphatic rings. The van der Waals surface area contributed by atoms with Crippen LogP contribution in [0.15, 0.2) is 23.3 Å². The third-order valence-corrected chi connectivity index (χ3v) is 1.79. The van der Waals surface area contributed by atoms with Gasteiger partial charge in [0.2, 0.25) is 0 Å². The van der Waals surface area contributed by atoms with Gasteiger partial charge in [0.1, 0.15) is 17.8 Å². The SMILES string of the molecule is O=C(NCc1ncn[nH]1)c1ccc(=O)[nH]n1. The van der Waals surface area contributed by atoms with Crippen molar-refractivity contribution >= 4 is 5.91 Å². The van der Waals surface area contributed by atoms with Crippen molar-refractivity contribution in [3.05, 3.63) is 40.3 Å². The average molecular weight is 220 g/mol. The number of nitrogens with one attached hydrogen (secondary N) is 3. The second-order valence-electron chi connectivity index (χ2n) is 2.92. The van der Waals surface area contributed by atoms with Crippen molar-refractivity contribution in [1.29, 1.82) is 0 Å². The second-order valence-corrected chi connectivity index (χ2v) is 2.92. The van der Waals surface area contributed by atoms with Crippen molar-refractivity contribution in [2.45, 2.75) is 6.54 Å². The zero-order chi connectivity index (χ0) is 11.4. The molecule has 0 saturated heterocycles. The van der Waals surface area contributed by atoms with Crippen LogP contribution in [-0.4, -0.2) is 31.3 Å². The summed E-state index contributed by atoms with van der Waals surface area (Å²) in [6, 6.07) is 2.57. The lowest BCUT2D eigenvalue weighted by Gasteiger charge is -2.00. The minimum absolute atomic E-state index is 0.138. The first-order valence-corrected chi connectivity index (χ1v) is 4.44. The summed E-state index contributed by atoms with van der Waals surface area (Å²) in [5, 5.41) is 14.6. The summed E-state index contributed by atoms with van der Waals surface area (Å²) >= 11 is 0. The van der Waals surface area contributed by atoms with Crippen LogP contribution in [0.2, 0.25) is 0 Å². The van der Waals surface area contributed by atoms with Gasteiger partial charge in [0.25, 0.3) is 11.5 Å². The molecule has 8 heteroatoms. The van der Waals surface area contributed by atoms with Crippen LogP contribution in [0.1, 0.15) is 16.3 Å². The van der Waals surface area contributed by atoms with Crippen LogP contribution in [0.4, 0.5) is 0 Å². The Labute approximate surface area is 89.1 Å². The van der Waals surface area contributed by atoms with E-state index in [1.165, 1.54) is 18.5 Å². The number of amides is 1. The molecule has 8 nitrogen and oxygen atoms in total. The topological polar surface area (TPSA) is 116 Å². The van der Waals surface area contributed by atoms with Crippen molar-refractivity contribution in [2.24, 2.45) is 0 Å². The van der Waals surface area contributed by atoms with E-state index in [9.17, 15) is 9.59 Å². The standard InChI is InChI=1S/C8H8N6O2/c15-7-2-1-5(12-14-7)8(16)9-3-6-10-4-11-13-6/h1-2,4H,3H2,(H,9,16)(H,14,15)(H,10,11,13). The van der Waals surface area contributed by atoms with Crippen LogP contribution in [0, 0.1) is 0 Å². The fraction of sp³-hybridized carbons (Fsp3) is 0.125. The molecule has 1 amide bonds. The molecule has 3 N–H and O–H groups in total. The van der Waals surface area contributed by atoms with Gasteiger partial charge >= 0.3 is 0 Å². The molecule has 0 atom stereocenters. The van der Waals surface area contributed by atoms with Gasteiger partial charge in [0.05, 0.1) is 6.54 Å². The first-order chi connectivity index (χ1) is 7.75. The third-order valence-electron chi connectivity index (χ3n) is 1.79. The van der Waals surface area contributed by atoms with E-state index in [-0.39, 0.29) is 17.8 Å². The molecule has 0 radical (unpaired) electrons. The van der Waals surface area contributed by atoms with Crippen molar-refractivity contribution in [3.8, 4) is 0 Å². The van der Waals surface area contributed by atoms with E-state index in [0.29, 0.717) is 5.82 Å². The van der Waals surface area contributed by atoms with E-state index in [4.69, 9.17) is 0 Å². The maximum Gasteiger partial charge on any atom is 0.272 e. The lowest BCUT2D eigenvalue weighted by Crippen LogP contribution is -2.25. The molecule has 2 aromatic heterocycles. The zero-order valence-corrected chi connectivity index (χ0v) is 8.10. The number of carbonyl (C=O) groups is 1. The molecule has 0 spiro atoms. The van der Waals surface area contributed by atoms with Crippen LogP contribution in [0.25, 0.3) is 0 Å². The van der Waals surface area contributed by atoms with E-state index in [0.717, 1.165) is 0 Å². The molecule has 0 fully saturated rings. The number of rotatable bonds is 3. The van der Waals surface area contributed by atoms with E-state index in [1.54, 1.807) is 0 Å². The number of H-pyrrole nitrogens is 2. The number of aromatic amines is 2. The van der Waals surface area contributed by atoms with Gasteiger partial charge in [-0.05, 0) is 6.07 Å². The number of carbonyl (C=O) groups excluding carboxylic acids is 1. The molecule has 0 unspecified atom stereocenters. The Kier molecular flexibility index (Phi) is 2.72. The maximum atomic E-state index is 11.5. The van der Waals surface area contributed by atoms with Crippen LogP contribution in [0.5, 0.6) is 0 Å². The van der Waals surface area contributed by atoms with Crippen LogP contribution in [-0.2, 0) is 6.54 Å². The van der Waals surface area contributed by atoms with Crippen LogP contribution in [0.3, 0.4) is 0 Å². The highest BCUT2D eigenvalue weighted by Crippen LogP contribution is 1.90. The van der Waals surface area contributed by atoms with Gasteiger partial charge in [-0.25, -0.2) is 10.1 Å². The minimum atomic E-state index is -0.396. The maximum absolute atomic E-state index is 11.5. The first kappa shape index (κ1) is 10.0. The summed E-state index contributed by atoms with van der Waals surface area (Å²) in [6.45, 7) is 0.222. The Balaban J connectivity index is 1.98. The van der Waals surface area contributed by atoms with Gasteiger partial charge in [-0.3, -0.25) is 14.7 Å². The molecule has 16 heavy (non-hydrogen) atoms. The van der Waals surface area contributed by atoms with Gasteiger partial charge in [0, 0.05) is 6.07 Å². The number of hydrogen-bond donors (Lipinski definition) is 3. The predicted molar refractivity (Wildman–Crippen MR) is 52.4 cm³/mol. The monoisotopic (exact) mass is 220 g/mol. The van der Waals surface area contributed by atoms with Crippen molar-refractivity contribution in [2.75, 3.05) is 0 Å². The average Bonchev–Trinajstić information content (AvgIpc) is 2.80. The van der Waals surface area contributed by atoms with Crippen LogP contribution < -0.4 is 10.9 Å². The Morgan fingerprint density at radius 3 is 2.88 bits per heavy atom. The molecular formula is C8H8N6O2. The molecule has 0 aliphatic carbocycles. The van der Waals surface area contributed by atoms with E-state index >= 15 is 0 Å². The summed E-state index contributed by atoms with van der Waals surface area (Å²) in [5.41, 5.74) is -0.217. The molecule has 0 bridgehead atoms. The quantitative estimate of drug-likeness (QED) is 0.601. The highest BCUT2D eigenvalue weighted by Gasteiger charge is 2.07. The Bertz CT molecular complexity index is 511. The number of hydrogen-bond acceptors (Lipinski definition) is 5. The summed E-state index contributed by atoms with van der Waals surface area (Å²) in [7, 11) is 0. The van der Waals surface area contributed by atoms with Gasteiger partial charge in [0.15, 0.2) is 0 Å². The summed E-state index contributed by atoms with van der Waals surface area (Å²) in [4.78, 5) is 26.0. The highest BCUT2D eigenvalue weighted by molar-refractivity contribution is 5.91. The molecule has 2 aromatic rings. The molecule has 2 rings (SSSR count). The lowest BCUT2D eigenvalue weighted by molar-refractivity contribution is 0.0944. The first-order valence-electron chi connectivity index (χ1n) is 4.44. The smallest absolute Gasteiger partial charge is 0.272 e. The van der Waals surface area contributed by atoms with Gasteiger partial charge in [-0.15, -0.1) is 0 Å². The van der Waals surface area contributed by atoms with E-state index in [2.05, 4.69) is 30.7 Å². The normalized spacial score (nSPS) is 10.0. The Morgan fingerprint density at radius 2 is 2.25 bits per heavy atom. The van der Waals surface area contributed by atoms with E-state index in [1.807, 2.05) is 0 Å². The summed E-state index contributed by atoms with van der Waals surface area (Å²) < 4.78 is 0. The summed E-state index contributed by atoms with van der Waals surface area (Å²) in [5.74, 6) is 0.144. The Hall–Kier alpha value is -2.51. The van der Waals surface area contributed by atoms with Gasteiger partial charge < -0.3 is 5.32 Å². The molecule has 2 heterocycles. The fourth-order valence-electron chi connectivity index (χ4n) is 1.04. The number of nitrogens with zero attached hydrogens (tertiary/aromatic N) is 3. The number of aromatic nitrogens is 5. The van der Waals surface area contributed by atoms with Crippen molar-refractivity contribution in [1.82, 2.24) is 30.7 Å². The second kappa shape index (κ2) is 4.34. The predicted octanol–water partition coefficient (Wildman–Crippen LogP) is -1.18. The van der Waals surface area contributed by atoms with Crippen molar-refractivity contribution < 1.29 is 4.79 Å². The van der Waals surface area contributed by atoms with E-state index < -0.39 is 5.91 Å². The molecule has 82 valence electrons. The zero-order valence-electron chi connectivity index (χ0n) is 8.10. The highest BCUT2D eigenvalue weighted by atomic mass is 16.2. The summed E-state index contributed by atoms with van der Waals surface area (Å²) in [6.07, 6.45) is 1.35. The van der Waals surface area contributed by atoms with Crippen LogP contribution >= 0.6 is 0 Å². The lowest BCUT2D eigenvalue weighted by atomic mass is 10.3.